The van der Waals surface area contributed by atoms with Crippen LogP contribution in [0.3, 0.4) is 0 Å². The van der Waals surface area contributed by atoms with Crippen LogP contribution < -0.4 is 10.6 Å². The minimum absolute atomic E-state index is 0.351. The lowest BCUT2D eigenvalue weighted by molar-refractivity contribution is 0.0601. The molecule has 1 fully saturated rings. The highest BCUT2D eigenvalue weighted by Gasteiger charge is 2.15. The first-order valence-electron chi connectivity index (χ1n) is 8.21. The van der Waals surface area contributed by atoms with Gasteiger partial charge in [0, 0.05) is 23.5 Å². The van der Waals surface area contributed by atoms with Crippen molar-refractivity contribution in [3.05, 3.63) is 41.6 Å². The third-order valence-corrected chi connectivity index (χ3v) is 4.12. The van der Waals surface area contributed by atoms with E-state index >= 15 is 0 Å². The summed E-state index contributed by atoms with van der Waals surface area (Å²) in [7, 11) is 1.37. The van der Waals surface area contributed by atoms with E-state index < -0.39 is 0 Å². The Kier molecular flexibility index (Phi) is 4.93. The van der Waals surface area contributed by atoms with Gasteiger partial charge < -0.3 is 15.4 Å². The van der Waals surface area contributed by atoms with Crippen molar-refractivity contribution in [3.8, 4) is 0 Å². The number of hydrogen-bond donors (Lipinski definition) is 2. The second-order valence-electron chi connectivity index (χ2n) is 6.04. The molecule has 6 nitrogen and oxygen atoms in total. The van der Waals surface area contributed by atoms with Crippen molar-refractivity contribution < 1.29 is 9.53 Å². The molecule has 1 saturated carbocycles. The molecule has 0 amide bonds. The normalized spacial score (nSPS) is 14.4. The highest BCUT2D eigenvalue weighted by atomic mass is 16.5. The van der Waals surface area contributed by atoms with Crippen LogP contribution in [0.1, 0.15) is 41.7 Å². The predicted molar refractivity (Wildman–Crippen MR) is 93.7 cm³/mol. The van der Waals surface area contributed by atoms with Crippen LogP contribution in [0.2, 0.25) is 0 Å². The zero-order valence-electron chi connectivity index (χ0n) is 14.0. The predicted octanol–water partition coefficient (Wildman–Crippen LogP) is 3.67. The van der Waals surface area contributed by atoms with Gasteiger partial charge in [-0.2, -0.15) is 4.98 Å². The number of aromatic nitrogens is 2. The molecule has 0 unspecified atom stereocenters. The highest BCUT2D eigenvalue weighted by Crippen LogP contribution is 2.23. The van der Waals surface area contributed by atoms with E-state index in [0.717, 1.165) is 17.2 Å². The Bertz CT molecular complexity index is 709. The lowest BCUT2D eigenvalue weighted by Crippen LogP contribution is -2.16. The van der Waals surface area contributed by atoms with Gasteiger partial charge in [0.2, 0.25) is 5.95 Å². The van der Waals surface area contributed by atoms with Gasteiger partial charge in [0.1, 0.15) is 5.82 Å². The van der Waals surface area contributed by atoms with E-state index in [2.05, 4.69) is 20.6 Å². The molecule has 0 saturated heterocycles. The van der Waals surface area contributed by atoms with Crippen LogP contribution >= 0.6 is 0 Å². The molecule has 1 aromatic carbocycles. The molecule has 24 heavy (non-hydrogen) atoms. The second kappa shape index (κ2) is 7.29. The Balaban J connectivity index is 1.72. The largest absolute Gasteiger partial charge is 0.465 e. The van der Waals surface area contributed by atoms with Gasteiger partial charge in [-0.25, -0.2) is 9.78 Å². The minimum Gasteiger partial charge on any atom is -0.465 e. The van der Waals surface area contributed by atoms with Crippen LogP contribution in [0.5, 0.6) is 0 Å². The summed E-state index contributed by atoms with van der Waals surface area (Å²) in [5.74, 6) is 1.04. The van der Waals surface area contributed by atoms with E-state index in [0.29, 0.717) is 17.6 Å². The maximum absolute atomic E-state index is 11.5. The lowest BCUT2D eigenvalue weighted by atomic mass is 10.2. The maximum Gasteiger partial charge on any atom is 0.337 e. The highest BCUT2D eigenvalue weighted by molar-refractivity contribution is 5.89. The molecule has 1 aromatic heterocycles. The third-order valence-electron chi connectivity index (χ3n) is 4.12. The number of benzene rings is 1. The molecule has 2 N–H and O–H groups in total. The van der Waals surface area contributed by atoms with E-state index in [1.807, 2.05) is 25.1 Å². The summed E-state index contributed by atoms with van der Waals surface area (Å²) in [4.78, 5) is 20.4. The van der Waals surface area contributed by atoms with Crippen LogP contribution in [0.15, 0.2) is 30.3 Å². The van der Waals surface area contributed by atoms with E-state index in [-0.39, 0.29) is 5.97 Å². The summed E-state index contributed by atoms with van der Waals surface area (Å²) in [5.41, 5.74) is 2.23. The maximum atomic E-state index is 11.5. The van der Waals surface area contributed by atoms with Crippen molar-refractivity contribution in [3.63, 3.8) is 0 Å². The summed E-state index contributed by atoms with van der Waals surface area (Å²) in [6, 6.07) is 9.50. The first kappa shape index (κ1) is 16.2. The molecule has 1 heterocycles. The second-order valence-corrected chi connectivity index (χ2v) is 6.04. The van der Waals surface area contributed by atoms with Crippen molar-refractivity contribution >= 4 is 23.4 Å². The van der Waals surface area contributed by atoms with Crippen molar-refractivity contribution in [2.75, 3.05) is 17.7 Å². The van der Waals surface area contributed by atoms with Crippen molar-refractivity contribution in [2.45, 2.75) is 38.6 Å². The summed E-state index contributed by atoms with van der Waals surface area (Å²) >= 11 is 0. The summed E-state index contributed by atoms with van der Waals surface area (Å²) in [6.45, 7) is 1.95. The molecule has 1 aliphatic rings. The van der Waals surface area contributed by atoms with Crippen molar-refractivity contribution in [2.24, 2.45) is 0 Å². The Hall–Kier alpha value is -2.63. The molecule has 0 aliphatic heterocycles. The number of carbonyl (C=O) groups is 1. The number of ether oxygens (including phenoxy) is 1. The van der Waals surface area contributed by atoms with E-state index in [1.165, 1.54) is 32.8 Å². The number of nitrogens with one attached hydrogen (secondary N) is 2. The zero-order valence-corrected chi connectivity index (χ0v) is 14.0. The van der Waals surface area contributed by atoms with Crippen LogP contribution in [0.4, 0.5) is 17.5 Å². The van der Waals surface area contributed by atoms with Gasteiger partial charge >= 0.3 is 5.97 Å². The van der Waals surface area contributed by atoms with E-state index in [4.69, 9.17) is 4.74 Å². The van der Waals surface area contributed by atoms with E-state index in [9.17, 15) is 4.79 Å². The SMILES string of the molecule is COC(=O)c1ccc(Nc2nc(C)cc(NC3CCCC3)n2)cc1. The summed E-state index contributed by atoms with van der Waals surface area (Å²) in [5, 5.41) is 6.67. The van der Waals surface area contributed by atoms with Gasteiger partial charge in [-0.15, -0.1) is 0 Å². The quantitative estimate of drug-likeness (QED) is 0.817. The third kappa shape index (κ3) is 4.01. The van der Waals surface area contributed by atoms with Gasteiger partial charge in [-0.05, 0) is 44.0 Å². The van der Waals surface area contributed by atoms with Gasteiger partial charge in [-0.1, -0.05) is 12.8 Å². The molecule has 6 heteroatoms. The summed E-state index contributed by atoms with van der Waals surface area (Å²) < 4.78 is 4.70. The van der Waals surface area contributed by atoms with E-state index in [1.54, 1.807) is 12.1 Å². The fraction of sp³-hybridized carbons (Fsp3) is 0.389. The molecular weight excluding hydrogens is 304 g/mol. The Labute approximate surface area is 141 Å². The number of rotatable bonds is 5. The Morgan fingerprint density at radius 3 is 2.54 bits per heavy atom. The lowest BCUT2D eigenvalue weighted by Gasteiger charge is -2.14. The van der Waals surface area contributed by atoms with Gasteiger partial charge in [0.05, 0.1) is 12.7 Å². The standard InChI is InChI=1S/C18H22N4O2/c1-12-11-16(20-14-5-3-4-6-14)22-18(19-12)21-15-9-7-13(8-10-15)17(23)24-2/h7-11,14H,3-6H2,1-2H3,(H2,19,20,21,22). The molecule has 126 valence electrons. The van der Waals surface area contributed by atoms with Gasteiger partial charge in [0.15, 0.2) is 0 Å². The van der Waals surface area contributed by atoms with Gasteiger partial charge in [-0.3, -0.25) is 0 Å². The monoisotopic (exact) mass is 326 g/mol. The molecule has 0 spiro atoms. The first-order chi connectivity index (χ1) is 11.6. The zero-order chi connectivity index (χ0) is 16.9. The number of anilines is 3. The number of esters is 1. The van der Waals surface area contributed by atoms with Crippen LogP contribution in [0.25, 0.3) is 0 Å². The molecule has 0 bridgehead atoms. The van der Waals surface area contributed by atoms with Crippen molar-refractivity contribution in [1.82, 2.24) is 9.97 Å². The van der Waals surface area contributed by atoms with Crippen LogP contribution in [-0.2, 0) is 4.74 Å². The average Bonchev–Trinajstić information content (AvgIpc) is 3.07. The molecular formula is C18H22N4O2. The van der Waals surface area contributed by atoms with Crippen molar-refractivity contribution in [1.29, 1.82) is 0 Å². The average molecular weight is 326 g/mol. The molecule has 0 radical (unpaired) electrons. The molecule has 1 aliphatic carbocycles. The molecule has 0 atom stereocenters. The number of carbonyl (C=O) groups excluding carboxylic acids is 1. The Morgan fingerprint density at radius 2 is 1.88 bits per heavy atom. The topological polar surface area (TPSA) is 76.1 Å². The number of hydrogen-bond acceptors (Lipinski definition) is 6. The number of nitrogens with zero attached hydrogens (tertiary/aromatic N) is 2. The fourth-order valence-electron chi connectivity index (χ4n) is 2.91. The van der Waals surface area contributed by atoms with Gasteiger partial charge in [0.25, 0.3) is 0 Å². The number of methoxy groups -OCH3 is 1. The molecule has 2 aromatic rings. The smallest absolute Gasteiger partial charge is 0.337 e. The first-order valence-corrected chi connectivity index (χ1v) is 8.21. The minimum atomic E-state index is -0.351. The van der Waals surface area contributed by atoms with Crippen LogP contribution in [0, 0.1) is 6.92 Å². The molecule has 3 rings (SSSR count). The Morgan fingerprint density at radius 1 is 1.17 bits per heavy atom. The number of aryl methyl sites for hydroxylation is 1. The van der Waals surface area contributed by atoms with Crippen LogP contribution in [-0.4, -0.2) is 29.1 Å². The summed E-state index contributed by atoms with van der Waals surface area (Å²) in [6.07, 6.45) is 4.94. The fourth-order valence-corrected chi connectivity index (χ4v) is 2.91.